The average Bonchev–Trinajstić information content (AvgIpc) is 3.24. The van der Waals surface area contributed by atoms with Gasteiger partial charge in [-0.1, -0.05) is 18.2 Å². The van der Waals surface area contributed by atoms with Crippen molar-refractivity contribution in [3.63, 3.8) is 0 Å². The fourth-order valence-electron chi connectivity index (χ4n) is 3.75. The second kappa shape index (κ2) is 9.25. The minimum atomic E-state index is -0.704. The normalized spacial score (nSPS) is 14.5. The molecule has 0 saturated heterocycles. The molecule has 1 aliphatic heterocycles. The van der Waals surface area contributed by atoms with Gasteiger partial charge in [-0.2, -0.15) is 0 Å². The van der Waals surface area contributed by atoms with Gasteiger partial charge in [0.1, 0.15) is 12.1 Å². The van der Waals surface area contributed by atoms with E-state index >= 15 is 0 Å². The molecule has 9 nitrogen and oxygen atoms in total. The predicted octanol–water partition coefficient (Wildman–Crippen LogP) is 4.49. The third-order valence-electron chi connectivity index (χ3n) is 5.68. The maximum atomic E-state index is 12.8. The first-order chi connectivity index (χ1) is 16.5. The molecule has 1 aliphatic rings. The molecule has 1 aromatic carbocycles. The summed E-state index contributed by atoms with van der Waals surface area (Å²) in [4.78, 5) is 48.1. The van der Waals surface area contributed by atoms with Crippen LogP contribution in [0.25, 0.3) is 17.0 Å². The highest BCUT2D eigenvalue weighted by Crippen LogP contribution is 2.30. The van der Waals surface area contributed by atoms with Crippen LogP contribution in [0.2, 0.25) is 0 Å². The molecule has 0 fully saturated rings. The fraction of sp³-hybridized carbons (Fsp3) is 0.308. The van der Waals surface area contributed by atoms with Gasteiger partial charge in [-0.05, 0) is 62.9 Å². The lowest BCUT2D eigenvalue weighted by Crippen LogP contribution is -2.45. The summed E-state index contributed by atoms with van der Waals surface area (Å²) < 4.78 is 5.40. The Morgan fingerprint density at radius 2 is 1.97 bits per heavy atom. The molecular weight excluding hydrogens is 446 g/mol. The molecule has 1 atom stereocenters. The SMILES string of the molecule is CC(c1cc2ccccc2[nH]1)N(C)C(=O)C=Cc1cnc2c(c1)NC(=O)CN2C(=O)OC(C)(C)C. The van der Waals surface area contributed by atoms with Crippen molar-refractivity contribution in [1.82, 2.24) is 14.9 Å². The third kappa shape index (κ3) is 5.34. The number of H-pyrrole nitrogens is 1. The van der Waals surface area contributed by atoms with Crippen molar-refractivity contribution in [3.8, 4) is 0 Å². The summed E-state index contributed by atoms with van der Waals surface area (Å²) >= 11 is 0. The molecular formula is C26H29N5O4. The number of likely N-dealkylation sites (N-methyl/N-ethyl adjacent to an activating group) is 1. The molecule has 4 rings (SSSR count). The first-order valence-electron chi connectivity index (χ1n) is 11.3. The zero-order valence-corrected chi connectivity index (χ0v) is 20.5. The first-order valence-corrected chi connectivity index (χ1v) is 11.3. The number of fused-ring (bicyclic) bond motifs is 2. The van der Waals surface area contributed by atoms with E-state index < -0.39 is 11.7 Å². The largest absolute Gasteiger partial charge is 0.443 e. The number of carbonyl (C=O) groups excluding carboxylic acids is 3. The van der Waals surface area contributed by atoms with Gasteiger partial charge < -0.3 is 19.9 Å². The highest BCUT2D eigenvalue weighted by Gasteiger charge is 2.31. The van der Waals surface area contributed by atoms with Crippen LogP contribution < -0.4 is 10.2 Å². The van der Waals surface area contributed by atoms with Crippen molar-refractivity contribution in [1.29, 1.82) is 0 Å². The van der Waals surface area contributed by atoms with Gasteiger partial charge in [-0.15, -0.1) is 0 Å². The summed E-state index contributed by atoms with van der Waals surface area (Å²) in [5.41, 5.74) is 2.24. The second-order valence-corrected chi connectivity index (χ2v) is 9.52. The van der Waals surface area contributed by atoms with E-state index in [9.17, 15) is 14.4 Å². The van der Waals surface area contributed by atoms with Crippen molar-refractivity contribution < 1.29 is 19.1 Å². The minimum Gasteiger partial charge on any atom is -0.443 e. The van der Waals surface area contributed by atoms with Crippen LogP contribution in [0.15, 0.2) is 48.7 Å². The van der Waals surface area contributed by atoms with Crippen LogP contribution in [-0.2, 0) is 14.3 Å². The Bertz CT molecular complexity index is 1290. The molecule has 0 aliphatic carbocycles. The van der Waals surface area contributed by atoms with Gasteiger partial charge in [0.05, 0.1) is 11.7 Å². The summed E-state index contributed by atoms with van der Waals surface area (Å²) in [6, 6.07) is 11.5. The Balaban J connectivity index is 1.49. The molecule has 3 aromatic rings. The maximum Gasteiger partial charge on any atom is 0.416 e. The maximum absolute atomic E-state index is 12.8. The molecule has 35 heavy (non-hydrogen) atoms. The van der Waals surface area contributed by atoms with Crippen LogP contribution in [0.3, 0.4) is 0 Å². The number of nitrogens with one attached hydrogen (secondary N) is 2. The zero-order valence-electron chi connectivity index (χ0n) is 20.5. The number of hydrogen-bond donors (Lipinski definition) is 2. The molecule has 0 bridgehead atoms. The lowest BCUT2D eigenvalue weighted by molar-refractivity contribution is -0.126. The number of carbonyl (C=O) groups is 3. The Morgan fingerprint density at radius 1 is 1.23 bits per heavy atom. The molecule has 0 radical (unpaired) electrons. The van der Waals surface area contributed by atoms with Gasteiger partial charge in [0.2, 0.25) is 11.8 Å². The molecule has 0 spiro atoms. The van der Waals surface area contributed by atoms with E-state index in [1.165, 1.54) is 11.0 Å². The van der Waals surface area contributed by atoms with Gasteiger partial charge in [-0.3, -0.25) is 14.5 Å². The average molecular weight is 476 g/mol. The number of amides is 3. The quantitative estimate of drug-likeness (QED) is 0.541. The van der Waals surface area contributed by atoms with E-state index in [1.54, 1.807) is 51.1 Å². The Labute approximate surface area is 203 Å². The number of ether oxygens (including phenoxy) is 1. The van der Waals surface area contributed by atoms with Crippen molar-refractivity contribution >= 4 is 46.4 Å². The van der Waals surface area contributed by atoms with E-state index in [4.69, 9.17) is 4.74 Å². The molecule has 9 heteroatoms. The van der Waals surface area contributed by atoms with Crippen molar-refractivity contribution in [2.24, 2.45) is 0 Å². The number of pyridine rings is 1. The molecule has 2 N–H and O–H groups in total. The van der Waals surface area contributed by atoms with Crippen LogP contribution in [-0.4, -0.2) is 52.0 Å². The van der Waals surface area contributed by atoms with E-state index in [0.717, 1.165) is 16.6 Å². The third-order valence-corrected chi connectivity index (χ3v) is 5.68. The highest BCUT2D eigenvalue weighted by atomic mass is 16.6. The topological polar surface area (TPSA) is 108 Å². The standard InChI is InChI=1S/C26H29N5O4/c1-16(20-13-18-8-6-7-9-19(18)28-20)30(5)23(33)11-10-17-12-21-24(27-14-17)31(15-22(32)29-21)25(34)35-26(2,3)4/h6-14,16,28H,15H2,1-5H3,(H,29,32). The number of para-hydroxylation sites is 1. The first kappa shape index (κ1) is 24.0. The van der Waals surface area contributed by atoms with Crippen molar-refractivity contribution in [3.05, 3.63) is 59.9 Å². The van der Waals surface area contributed by atoms with E-state index in [-0.39, 0.29) is 24.4 Å². The van der Waals surface area contributed by atoms with E-state index in [2.05, 4.69) is 15.3 Å². The van der Waals surface area contributed by atoms with Gasteiger partial charge in [0, 0.05) is 30.5 Å². The number of nitrogens with zero attached hydrogens (tertiary/aromatic N) is 3. The number of anilines is 2. The lowest BCUT2D eigenvalue weighted by Gasteiger charge is -2.30. The summed E-state index contributed by atoms with van der Waals surface area (Å²) in [5, 5.41) is 3.82. The van der Waals surface area contributed by atoms with Gasteiger partial charge >= 0.3 is 6.09 Å². The highest BCUT2D eigenvalue weighted by molar-refractivity contribution is 6.07. The second-order valence-electron chi connectivity index (χ2n) is 9.52. The van der Waals surface area contributed by atoms with Crippen LogP contribution in [0.4, 0.5) is 16.3 Å². The monoisotopic (exact) mass is 475 g/mol. The van der Waals surface area contributed by atoms with Crippen LogP contribution >= 0.6 is 0 Å². The smallest absolute Gasteiger partial charge is 0.416 e. The zero-order chi connectivity index (χ0) is 25.3. The summed E-state index contributed by atoms with van der Waals surface area (Å²) in [6.45, 7) is 7.04. The molecule has 3 heterocycles. The number of aromatic nitrogens is 2. The molecule has 0 saturated carbocycles. The van der Waals surface area contributed by atoms with Crippen LogP contribution in [0.5, 0.6) is 0 Å². The Morgan fingerprint density at radius 3 is 2.69 bits per heavy atom. The number of benzene rings is 1. The number of rotatable bonds is 4. The summed E-state index contributed by atoms with van der Waals surface area (Å²) in [5.74, 6) is -0.241. The Hall–Kier alpha value is -4.14. The fourth-order valence-corrected chi connectivity index (χ4v) is 3.75. The van der Waals surface area contributed by atoms with E-state index in [0.29, 0.717) is 17.1 Å². The summed E-state index contributed by atoms with van der Waals surface area (Å²) in [7, 11) is 1.74. The Kier molecular flexibility index (Phi) is 6.34. The minimum absolute atomic E-state index is 0.164. The number of aromatic amines is 1. The van der Waals surface area contributed by atoms with Gasteiger partial charge in [-0.25, -0.2) is 9.78 Å². The lowest BCUT2D eigenvalue weighted by atomic mass is 10.1. The summed E-state index contributed by atoms with van der Waals surface area (Å²) in [6.07, 6.45) is 3.98. The van der Waals surface area contributed by atoms with Crippen molar-refractivity contribution in [2.75, 3.05) is 23.8 Å². The van der Waals surface area contributed by atoms with Gasteiger partial charge in [0.25, 0.3) is 0 Å². The van der Waals surface area contributed by atoms with Gasteiger partial charge in [0.15, 0.2) is 5.82 Å². The predicted molar refractivity (Wildman–Crippen MR) is 135 cm³/mol. The van der Waals surface area contributed by atoms with E-state index in [1.807, 2.05) is 37.3 Å². The molecule has 1 unspecified atom stereocenters. The van der Waals surface area contributed by atoms with Crippen molar-refractivity contribution in [2.45, 2.75) is 39.3 Å². The van der Waals surface area contributed by atoms with Crippen LogP contribution in [0.1, 0.15) is 45.0 Å². The molecule has 3 amide bonds. The molecule has 2 aromatic heterocycles. The number of hydrogen-bond acceptors (Lipinski definition) is 5. The van der Waals surface area contributed by atoms with Crippen LogP contribution in [0, 0.1) is 0 Å². The molecule has 182 valence electrons.